The molecular weight excluding hydrogens is 208 g/mol. The average molecular weight is 222 g/mol. The molecule has 0 heterocycles. The molecule has 0 atom stereocenters. The highest BCUT2D eigenvalue weighted by Gasteiger charge is 2.12. The minimum absolute atomic E-state index is 0.0216. The van der Waals surface area contributed by atoms with Gasteiger partial charge in [0.05, 0.1) is 11.8 Å². The Labute approximate surface area is 93.6 Å². The highest BCUT2D eigenvalue weighted by molar-refractivity contribution is 6.39. The van der Waals surface area contributed by atoms with E-state index >= 15 is 0 Å². The molecule has 1 aromatic carbocycles. The first-order chi connectivity index (χ1) is 7.50. The Hall–Kier alpha value is -2.04. The summed E-state index contributed by atoms with van der Waals surface area (Å²) in [5, 5.41) is 2.38. The standard InChI is InChI=1S/C11H14N2O3/c1-7(2)16-9-6-4-3-5-8(9)13-11(15)10(12)14/h3-7H,1-2H3,(H2,12,14)(H,13,15). The van der Waals surface area contributed by atoms with Crippen LogP contribution in [0.3, 0.4) is 0 Å². The zero-order valence-electron chi connectivity index (χ0n) is 9.19. The first kappa shape index (κ1) is 12.0. The van der Waals surface area contributed by atoms with E-state index in [1.165, 1.54) is 0 Å². The van der Waals surface area contributed by atoms with E-state index in [0.717, 1.165) is 0 Å². The molecule has 16 heavy (non-hydrogen) atoms. The number of ether oxygens (including phenoxy) is 1. The molecule has 5 heteroatoms. The van der Waals surface area contributed by atoms with Crippen molar-refractivity contribution in [2.45, 2.75) is 20.0 Å². The van der Waals surface area contributed by atoms with Gasteiger partial charge in [0.2, 0.25) is 0 Å². The van der Waals surface area contributed by atoms with Gasteiger partial charge >= 0.3 is 11.8 Å². The van der Waals surface area contributed by atoms with Gasteiger partial charge in [-0.3, -0.25) is 9.59 Å². The second-order valence-electron chi connectivity index (χ2n) is 3.48. The minimum Gasteiger partial charge on any atom is -0.489 e. The van der Waals surface area contributed by atoms with Gasteiger partial charge in [0, 0.05) is 0 Å². The third-order valence-corrected chi connectivity index (χ3v) is 1.72. The number of rotatable bonds is 3. The summed E-state index contributed by atoms with van der Waals surface area (Å²) in [4.78, 5) is 21.7. The first-order valence-electron chi connectivity index (χ1n) is 4.87. The summed E-state index contributed by atoms with van der Waals surface area (Å²) in [6.45, 7) is 3.74. The van der Waals surface area contributed by atoms with Crippen molar-refractivity contribution in [1.29, 1.82) is 0 Å². The van der Waals surface area contributed by atoms with Crippen LogP contribution in [0.2, 0.25) is 0 Å². The minimum atomic E-state index is -1.03. The second-order valence-corrected chi connectivity index (χ2v) is 3.48. The van der Waals surface area contributed by atoms with Crippen molar-refractivity contribution < 1.29 is 14.3 Å². The van der Waals surface area contributed by atoms with Crippen molar-refractivity contribution in [2.75, 3.05) is 5.32 Å². The van der Waals surface area contributed by atoms with Gasteiger partial charge in [0.25, 0.3) is 0 Å². The Balaban J connectivity index is 2.86. The normalized spacial score (nSPS) is 9.94. The summed E-state index contributed by atoms with van der Waals surface area (Å²) in [7, 11) is 0. The molecule has 0 spiro atoms. The summed E-state index contributed by atoms with van der Waals surface area (Å²) < 4.78 is 5.46. The zero-order valence-corrected chi connectivity index (χ0v) is 9.19. The Morgan fingerprint density at radius 1 is 1.31 bits per heavy atom. The third kappa shape index (κ3) is 3.27. The van der Waals surface area contributed by atoms with E-state index in [4.69, 9.17) is 10.5 Å². The number of benzene rings is 1. The van der Waals surface area contributed by atoms with Crippen molar-refractivity contribution in [2.24, 2.45) is 5.73 Å². The number of amides is 2. The number of carbonyl (C=O) groups is 2. The number of hydrogen-bond donors (Lipinski definition) is 2. The molecule has 86 valence electrons. The van der Waals surface area contributed by atoms with Crippen LogP contribution in [0.1, 0.15) is 13.8 Å². The van der Waals surface area contributed by atoms with E-state index < -0.39 is 11.8 Å². The molecule has 5 nitrogen and oxygen atoms in total. The molecule has 0 fully saturated rings. The van der Waals surface area contributed by atoms with E-state index in [9.17, 15) is 9.59 Å². The fraction of sp³-hybridized carbons (Fsp3) is 0.273. The molecule has 1 aromatic rings. The Morgan fingerprint density at radius 3 is 2.50 bits per heavy atom. The van der Waals surface area contributed by atoms with Crippen LogP contribution < -0.4 is 15.8 Å². The van der Waals surface area contributed by atoms with Crippen LogP contribution in [0.25, 0.3) is 0 Å². The Morgan fingerprint density at radius 2 is 1.94 bits per heavy atom. The monoisotopic (exact) mass is 222 g/mol. The van der Waals surface area contributed by atoms with Crippen LogP contribution in [0, 0.1) is 0 Å². The summed E-state index contributed by atoms with van der Waals surface area (Å²) >= 11 is 0. The molecule has 1 rings (SSSR count). The van der Waals surface area contributed by atoms with Gasteiger partial charge in [-0.2, -0.15) is 0 Å². The molecule has 0 aliphatic carbocycles. The predicted octanol–water partition coefficient (Wildman–Crippen LogP) is 0.898. The molecule has 0 saturated carbocycles. The maximum Gasteiger partial charge on any atom is 0.313 e. The Bertz CT molecular complexity index is 402. The van der Waals surface area contributed by atoms with Gasteiger partial charge in [-0.25, -0.2) is 0 Å². The van der Waals surface area contributed by atoms with E-state index in [1.807, 2.05) is 13.8 Å². The maximum atomic E-state index is 11.1. The molecule has 0 saturated heterocycles. The number of anilines is 1. The van der Waals surface area contributed by atoms with Crippen molar-refractivity contribution in [3.05, 3.63) is 24.3 Å². The molecular formula is C11H14N2O3. The van der Waals surface area contributed by atoms with Crippen molar-refractivity contribution in [1.82, 2.24) is 0 Å². The summed E-state index contributed by atoms with van der Waals surface area (Å²) in [6, 6.07) is 6.84. The van der Waals surface area contributed by atoms with Gasteiger partial charge in [-0.1, -0.05) is 12.1 Å². The summed E-state index contributed by atoms with van der Waals surface area (Å²) in [5.41, 5.74) is 5.27. The van der Waals surface area contributed by atoms with Crippen LogP contribution in [0.5, 0.6) is 5.75 Å². The van der Waals surface area contributed by atoms with Crippen molar-refractivity contribution in [3.8, 4) is 5.75 Å². The molecule has 0 unspecified atom stereocenters. The van der Waals surface area contributed by atoms with Gasteiger partial charge in [0.1, 0.15) is 5.75 Å². The SMILES string of the molecule is CC(C)Oc1ccccc1NC(=O)C(N)=O. The lowest BCUT2D eigenvalue weighted by atomic mass is 10.3. The highest BCUT2D eigenvalue weighted by Crippen LogP contribution is 2.24. The molecule has 3 N–H and O–H groups in total. The van der Waals surface area contributed by atoms with Gasteiger partial charge in [0.15, 0.2) is 0 Å². The molecule has 0 aliphatic heterocycles. The third-order valence-electron chi connectivity index (χ3n) is 1.72. The van der Waals surface area contributed by atoms with Crippen LogP contribution in [-0.4, -0.2) is 17.9 Å². The molecule has 0 bridgehead atoms. The lowest BCUT2D eigenvalue weighted by Crippen LogP contribution is -2.29. The zero-order chi connectivity index (χ0) is 12.1. The van der Waals surface area contributed by atoms with Gasteiger partial charge in [-0.05, 0) is 26.0 Å². The Kier molecular flexibility index (Phi) is 3.88. The number of nitrogens with two attached hydrogens (primary N) is 1. The number of hydrogen-bond acceptors (Lipinski definition) is 3. The van der Waals surface area contributed by atoms with E-state index in [1.54, 1.807) is 24.3 Å². The van der Waals surface area contributed by atoms with Crippen LogP contribution >= 0.6 is 0 Å². The number of nitrogens with one attached hydrogen (secondary N) is 1. The first-order valence-corrected chi connectivity index (χ1v) is 4.87. The maximum absolute atomic E-state index is 11.1. The van der Waals surface area contributed by atoms with Gasteiger partial charge in [-0.15, -0.1) is 0 Å². The summed E-state index contributed by atoms with van der Waals surface area (Å²) in [5.74, 6) is -1.38. The van der Waals surface area contributed by atoms with E-state index in [-0.39, 0.29) is 6.10 Å². The van der Waals surface area contributed by atoms with Crippen LogP contribution in [0.15, 0.2) is 24.3 Å². The number of para-hydroxylation sites is 2. The fourth-order valence-corrected chi connectivity index (χ4v) is 1.11. The number of primary amides is 1. The fourth-order valence-electron chi connectivity index (χ4n) is 1.11. The second kappa shape index (κ2) is 5.16. The highest BCUT2D eigenvalue weighted by atomic mass is 16.5. The lowest BCUT2D eigenvalue weighted by molar-refractivity contribution is -0.134. The van der Waals surface area contributed by atoms with Crippen molar-refractivity contribution >= 4 is 17.5 Å². The quantitative estimate of drug-likeness (QED) is 0.745. The molecule has 2 amide bonds. The number of carbonyl (C=O) groups excluding carboxylic acids is 2. The van der Waals surface area contributed by atoms with E-state index in [2.05, 4.69) is 5.32 Å². The van der Waals surface area contributed by atoms with Crippen molar-refractivity contribution in [3.63, 3.8) is 0 Å². The predicted molar refractivity (Wildman–Crippen MR) is 60.0 cm³/mol. The lowest BCUT2D eigenvalue weighted by Gasteiger charge is -2.13. The molecule has 0 aromatic heterocycles. The largest absolute Gasteiger partial charge is 0.489 e. The van der Waals surface area contributed by atoms with Crippen LogP contribution in [-0.2, 0) is 9.59 Å². The van der Waals surface area contributed by atoms with E-state index in [0.29, 0.717) is 11.4 Å². The molecule has 0 aliphatic rings. The topological polar surface area (TPSA) is 81.4 Å². The smallest absolute Gasteiger partial charge is 0.313 e. The van der Waals surface area contributed by atoms with Gasteiger partial charge < -0.3 is 15.8 Å². The average Bonchev–Trinajstić information content (AvgIpc) is 2.20. The summed E-state index contributed by atoms with van der Waals surface area (Å²) in [6.07, 6.45) is -0.0216. The molecule has 0 radical (unpaired) electrons. The van der Waals surface area contributed by atoms with Crippen LogP contribution in [0.4, 0.5) is 5.69 Å².